The Morgan fingerprint density at radius 1 is 1.07 bits per heavy atom. The van der Waals surface area contributed by atoms with Crippen LogP contribution in [0.5, 0.6) is 0 Å². The molecule has 0 bridgehead atoms. The third-order valence-corrected chi connectivity index (χ3v) is 7.78. The van der Waals surface area contributed by atoms with Gasteiger partial charge in [0.2, 0.25) is 11.7 Å². The van der Waals surface area contributed by atoms with Gasteiger partial charge in [0, 0.05) is 30.2 Å². The third kappa shape index (κ3) is 8.16. The molecule has 0 unspecified atom stereocenters. The number of aliphatic imine (C=N–C) groups is 1. The van der Waals surface area contributed by atoms with Crippen molar-refractivity contribution in [2.24, 2.45) is 22.4 Å². The number of carbonyl (C=O) groups excluding carboxylic acids is 2. The van der Waals surface area contributed by atoms with Gasteiger partial charge in [-0.2, -0.15) is 0 Å². The molecule has 0 fully saturated rings. The van der Waals surface area contributed by atoms with E-state index in [1.54, 1.807) is 11.6 Å². The first kappa shape index (κ1) is 32.1. The normalized spacial score (nSPS) is 12.4. The SMILES string of the molecule is Cc1cccc(-c2ncc(NCc3ccccc3)c(=O)n2[C@H](C(=O)N[C@@H](CCCN=C(N)N)C(=O)c2nccs2)C(C)C)c1. The molecule has 0 spiro atoms. The summed E-state index contributed by atoms with van der Waals surface area (Å²) in [5.41, 5.74) is 13.4. The molecule has 0 saturated heterocycles. The number of carbonyl (C=O) groups is 2. The molecule has 1 amide bonds. The first-order valence-electron chi connectivity index (χ1n) is 14.4. The van der Waals surface area contributed by atoms with E-state index < -0.39 is 23.6 Å². The number of guanidine groups is 1. The number of hydrogen-bond acceptors (Lipinski definition) is 8. The Labute approximate surface area is 260 Å². The van der Waals surface area contributed by atoms with Gasteiger partial charge in [-0.3, -0.25) is 23.9 Å². The number of Topliss-reactive ketones (excluding diaryl/α,β-unsaturated/α-hetero) is 1. The number of nitrogens with zero attached hydrogens (tertiary/aromatic N) is 4. The summed E-state index contributed by atoms with van der Waals surface area (Å²) in [5, 5.41) is 8.11. The lowest BCUT2D eigenvalue weighted by Crippen LogP contribution is -2.47. The van der Waals surface area contributed by atoms with Crippen molar-refractivity contribution in [2.45, 2.75) is 52.2 Å². The molecule has 6 N–H and O–H groups in total. The summed E-state index contributed by atoms with van der Waals surface area (Å²) < 4.78 is 1.44. The standard InChI is InChI=1S/C32H38N8O3S/c1-20(2)26(29(42)39-24(13-8-14-36-32(33)34)27(41)30-35-15-16-44-30)40-28(23-12-7-9-21(3)17-23)38-19-25(31(40)43)37-18-22-10-5-4-6-11-22/h4-7,9-12,15-17,19-20,24,26,37H,8,13-14,18H2,1-3H3,(H,39,42)(H4,33,34,36)/t24-,26-/m0/s1. The maximum atomic E-state index is 14.2. The average molecular weight is 615 g/mol. The van der Waals surface area contributed by atoms with E-state index in [0.717, 1.165) is 11.1 Å². The van der Waals surface area contributed by atoms with Crippen molar-refractivity contribution in [1.29, 1.82) is 0 Å². The molecular formula is C32H38N8O3S. The molecule has 4 aromatic rings. The summed E-state index contributed by atoms with van der Waals surface area (Å²) in [6.45, 7) is 6.36. The average Bonchev–Trinajstić information content (AvgIpc) is 3.54. The van der Waals surface area contributed by atoms with E-state index in [0.29, 0.717) is 30.9 Å². The molecule has 2 heterocycles. The zero-order valence-corrected chi connectivity index (χ0v) is 25.9. The van der Waals surface area contributed by atoms with Crippen LogP contribution in [0.1, 0.15) is 53.7 Å². The van der Waals surface area contributed by atoms with Gasteiger partial charge in [-0.1, -0.05) is 67.9 Å². The van der Waals surface area contributed by atoms with Crippen LogP contribution in [0.3, 0.4) is 0 Å². The van der Waals surface area contributed by atoms with E-state index in [-0.39, 0.29) is 34.8 Å². The molecule has 4 rings (SSSR count). The highest BCUT2D eigenvalue weighted by molar-refractivity contribution is 7.11. The minimum atomic E-state index is -0.978. The molecule has 2 atom stereocenters. The molecule has 0 radical (unpaired) electrons. The Morgan fingerprint density at radius 2 is 1.84 bits per heavy atom. The molecule has 230 valence electrons. The zero-order valence-electron chi connectivity index (χ0n) is 25.1. The second-order valence-corrected chi connectivity index (χ2v) is 11.7. The number of hydrogen-bond donors (Lipinski definition) is 4. The lowest BCUT2D eigenvalue weighted by molar-refractivity contribution is -0.126. The zero-order chi connectivity index (χ0) is 31.6. The van der Waals surface area contributed by atoms with Crippen LogP contribution in [0.15, 0.2) is 82.2 Å². The van der Waals surface area contributed by atoms with Crippen LogP contribution in [-0.4, -0.2) is 44.8 Å². The summed E-state index contributed by atoms with van der Waals surface area (Å²) in [6, 6.07) is 15.4. The highest BCUT2D eigenvalue weighted by Crippen LogP contribution is 2.26. The number of amides is 1. The highest BCUT2D eigenvalue weighted by Gasteiger charge is 2.33. The largest absolute Gasteiger partial charge is 0.375 e. The van der Waals surface area contributed by atoms with Crippen molar-refractivity contribution < 1.29 is 9.59 Å². The molecule has 2 aromatic heterocycles. The predicted octanol–water partition coefficient (Wildman–Crippen LogP) is 3.91. The minimum absolute atomic E-state index is 0.0481. The summed E-state index contributed by atoms with van der Waals surface area (Å²) in [7, 11) is 0. The summed E-state index contributed by atoms with van der Waals surface area (Å²) in [6.07, 6.45) is 3.77. The van der Waals surface area contributed by atoms with Gasteiger partial charge in [-0.15, -0.1) is 11.3 Å². The maximum absolute atomic E-state index is 14.2. The van der Waals surface area contributed by atoms with Gasteiger partial charge >= 0.3 is 0 Å². The predicted molar refractivity (Wildman–Crippen MR) is 175 cm³/mol. The van der Waals surface area contributed by atoms with E-state index in [9.17, 15) is 14.4 Å². The quantitative estimate of drug-likeness (QED) is 0.0717. The number of benzene rings is 2. The van der Waals surface area contributed by atoms with Crippen molar-refractivity contribution in [3.05, 3.63) is 98.9 Å². The van der Waals surface area contributed by atoms with Crippen molar-refractivity contribution in [3.8, 4) is 11.4 Å². The van der Waals surface area contributed by atoms with Crippen LogP contribution >= 0.6 is 11.3 Å². The first-order valence-corrected chi connectivity index (χ1v) is 15.3. The monoisotopic (exact) mass is 614 g/mol. The molecule has 12 heteroatoms. The van der Waals surface area contributed by atoms with Gasteiger partial charge in [-0.25, -0.2) is 9.97 Å². The molecule has 0 aliphatic carbocycles. The Bertz CT molecular complexity index is 1650. The van der Waals surface area contributed by atoms with Crippen LogP contribution in [0.4, 0.5) is 5.69 Å². The van der Waals surface area contributed by atoms with Crippen LogP contribution in [0.25, 0.3) is 11.4 Å². The van der Waals surface area contributed by atoms with Crippen LogP contribution in [-0.2, 0) is 11.3 Å². The number of nitrogens with two attached hydrogens (primary N) is 2. The second kappa shape index (κ2) is 15.1. The van der Waals surface area contributed by atoms with Crippen LogP contribution in [0.2, 0.25) is 0 Å². The Morgan fingerprint density at radius 3 is 2.50 bits per heavy atom. The second-order valence-electron chi connectivity index (χ2n) is 10.8. The molecule has 44 heavy (non-hydrogen) atoms. The van der Waals surface area contributed by atoms with E-state index >= 15 is 0 Å². The smallest absolute Gasteiger partial charge is 0.277 e. The van der Waals surface area contributed by atoms with Gasteiger partial charge in [0.25, 0.3) is 5.56 Å². The van der Waals surface area contributed by atoms with Crippen molar-refractivity contribution in [1.82, 2.24) is 19.9 Å². The van der Waals surface area contributed by atoms with Gasteiger partial charge in [0.15, 0.2) is 11.0 Å². The van der Waals surface area contributed by atoms with Crippen molar-refractivity contribution in [3.63, 3.8) is 0 Å². The number of aryl methyl sites for hydroxylation is 1. The number of rotatable bonds is 14. The van der Waals surface area contributed by atoms with Crippen LogP contribution < -0.4 is 27.7 Å². The molecule has 11 nitrogen and oxygen atoms in total. The minimum Gasteiger partial charge on any atom is -0.375 e. The van der Waals surface area contributed by atoms with Gasteiger partial charge < -0.3 is 22.1 Å². The van der Waals surface area contributed by atoms with Crippen LogP contribution in [0, 0.1) is 12.8 Å². The number of thiazole rings is 1. The highest BCUT2D eigenvalue weighted by atomic mass is 32.1. The third-order valence-electron chi connectivity index (χ3n) is 7.00. The van der Waals surface area contributed by atoms with Gasteiger partial charge in [0.05, 0.1) is 12.2 Å². The fourth-order valence-corrected chi connectivity index (χ4v) is 5.51. The number of aromatic nitrogens is 3. The summed E-state index contributed by atoms with van der Waals surface area (Å²) in [5.74, 6) is -0.820. The van der Waals surface area contributed by atoms with Crippen molar-refractivity contribution >= 4 is 34.7 Å². The summed E-state index contributed by atoms with van der Waals surface area (Å²) >= 11 is 1.20. The molecule has 2 aromatic carbocycles. The molecule has 0 aliphatic heterocycles. The number of nitrogens with one attached hydrogen (secondary N) is 2. The number of anilines is 1. The van der Waals surface area contributed by atoms with E-state index in [2.05, 4.69) is 25.6 Å². The maximum Gasteiger partial charge on any atom is 0.277 e. The lowest BCUT2D eigenvalue weighted by Gasteiger charge is -2.28. The Kier molecular flexibility index (Phi) is 11.0. The van der Waals surface area contributed by atoms with E-state index in [1.807, 2.05) is 75.4 Å². The molecule has 0 aliphatic rings. The molecular weight excluding hydrogens is 576 g/mol. The molecule has 0 saturated carbocycles. The Balaban J connectivity index is 1.73. The lowest BCUT2D eigenvalue weighted by atomic mass is 9.99. The fourth-order valence-electron chi connectivity index (χ4n) is 4.88. The van der Waals surface area contributed by atoms with E-state index in [1.165, 1.54) is 22.1 Å². The Hall–Kier alpha value is -4.84. The van der Waals surface area contributed by atoms with Gasteiger partial charge in [0.1, 0.15) is 17.6 Å². The first-order chi connectivity index (χ1) is 21.2. The van der Waals surface area contributed by atoms with Gasteiger partial charge in [-0.05, 0) is 37.3 Å². The van der Waals surface area contributed by atoms with Crippen molar-refractivity contribution in [2.75, 3.05) is 11.9 Å². The number of ketones is 1. The van der Waals surface area contributed by atoms with E-state index in [4.69, 9.17) is 11.5 Å². The fraction of sp³-hybridized carbons (Fsp3) is 0.312. The topological polar surface area (TPSA) is 170 Å². The summed E-state index contributed by atoms with van der Waals surface area (Å²) in [4.78, 5) is 54.6.